The zero-order valence-electron chi connectivity index (χ0n) is 13.6. The van der Waals surface area contributed by atoms with Crippen LogP contribution < -0.4 is 0 Å². The molecule has 2 aromatic carbocycles. The largest absolute Gasteiger partial charge is 0.408 e. The summed E-state index contributed by atoms with van der Waals surface area (Å²) in [4.78, 5) is 13.3. The van der Waals surface area contributed by atoms with E-state index >= 15 is 0 Å². The number of carbonyl (C=O) groups excluding carboxylic acids is 1. The number of carbonyl (C=O) groups is 1. The van der Waals surface area contributed by atoms with Crippen molar-refractivity contribution in [1.82, 2.24) is 0 Å². The lowest BCUT2D eigenvalue weighted by molar-refractivity contribution is -0.160. The van der Waals surface area contributed by atoms with Gasteiger partial charge in [0.1, 0.15) is 0 Å². The summed E-state index contributed by atoms with van der Waals surface area (Å²) < 4.78 is 40.7. The Hall–Kier alpha value is -2.05. The molecule has 1 aromatic heterocycles. The van der Waals surface area contributed by atoms with Crippen LogP contribution in [0.15, 0.2) is 83.1 Å². The molecule has 0 aliphatic rings. The number of thioether (sulfide) groups is 1. The van der Waals surface area contributed by atoms with Crippen LogP contribution >= 0.6 is 23.1 Å². The zero-order valence-corrected chi connectivity index (χ0v) is 15.2. The van der Waals surface area contributed by atoms with Crippen molar-refractivity contribution in [3.8, 4) is 0 Å². The quantitative estimate of drug-likeness (QED) is 0.348. The molecule has 0 radical (unpaired) electrons. The van der Waals surface area contributed by atoms with Crippen molar-refractivity contribution in [2.24, 2.45) is 0 Å². The highest BCUT2D eigenvalue weighted by Crippen LogP contribution is 2.56. The van der Waals surface area contributed by atoms with Gasteiger partial charge in [-0.2, -0.15) is 13.2 Å². The molecule has 134 valence electrons. The lowest BCUT2D eigenvalue weighted by Crippen LogP contribution is -2.40. The zero-order chi connectivity index (χ0) is 18.6. The fourth-order valence-electron chi connectivity index (χ4n) is 2.62. The van der Waals surface area contributed by atoms with E-state index in [2.05, 4.69) is 0 Å². The second-order valence-corrected chi connectivity index (χ2v) is 8.00. The van der Waals surface area contributed by atoms with Gasteiger partial charge in [-0.3, -0.25) is 4.79 Å². The molecule has 0 N–H and O–H groups in total. The molecule has 0 unspecified atom stereocenters. The van der Waals surface area contributed by atoms with Crippen LogP contribution in [-0.2, 0) is 4.75 Å². The number of alkyl halides is 3. The third kappa shape index (κ3) is 3.86. The number of benzene rings is 2. The summed E-state index contributed by atoms with van der Waals surface area (Å²) in [5.41, 5.74) is 0.284. The first kappa shape index (κ1) is 18.7. The maximum atomic E-state index is 14.3. The summed E-state index contributed by atoms with van der Waals surface area (Å²) in [5, 5.41) is 1.61. The molecule has 0 amide bonds. The fourth-order valence-corrected chi connectivity index (χ4v) is 4.91. The third-order valence-corrected chi connectivity index (χ3v) is 6.53. The van der Waals surface area contributed by atoms with Gasteiger partial charge in [-0.05, 0) is 23.6 Å². The highest BCUT2D eigenvalue weighted by Gasteiger charge is 2.58. The minimum Gasteiger partial charge on any atom is -0.294 e. The van der Waals surface area contributed by atoms with Crippen LogP contribution in [0.1, 0.15) is 21.7 Å². The van der Waals surface area contributed by atoms with Crippen molar-refractivity contribution >= 4 is 28.9 Å². The number of thiophene rings is 1. The monoisotopic (exact) mass is 392 g/mol. The van der Waals surface area contributed by atoms with Gasteiger partial charge in [0.25, 0.3) is 0 Å². The summed E-state index contributed by atoms with van der Waals surface area (Å²) >= 11 is 1.71. The van der Waals surface area contributed by atoms with E-state index in [4.69, 9.17) is 0 Å². The van der Waals surface area contributed by atoms with Crippen LogP contribution in [0.5, 0.6) is 0 Å². The highest BCUT2D eigenvalue weighted by atomic mass is 32.2. The standard InChI is InChI=1S/C20H15F3OS2/c21-20(22,23)19(18-12-7-13-25-18,26-16-10-5-2-6-11-16)14-17(24)15-8-3-1-4-9-15/h1-13H,14H2/t19-/m0/s1. The number of Topliss-reactive ketones (excluding diaryl/α,β-unsaturated/α-hetero) is 1. The second kappa shape index (κ2) is 7.68. The molecule has 6 heteroatoms. The third-order valence-electron chi connectivity index (χ3n) is 3.92. The second-order valence-electron chi connectivity index (χ2n) is 5.68. The normalized spacial score (nSPS) is 14.0. The summed E-state index contributed by atoms with van der Waals surface area (Å²) in [6, 6.07) is 19.5. The van der Waals surface area contributed by atoms with E-state index in [-0.39, 0.29) is 10.4 Å². The molecular formula is C20H15F3OS2. The van der Waals surface area contributed by atoms with Gasteiger partial charge in [0.15, 0.2) is 10.5 Å². The smallest absolute Gasteiger partial charge is 0.294 e. The van der Waals surface area contributed by atoms with Gasteiger partial charge < -0.3 is 0 Å². The van der Waals surface area contributed by atoms with Crippen molar-refractivity contribution in [2.45, 2.75) is 22.2 Å². The molecule has 0 fully saturated rings. The Morgan fingerprint density at radius 3 is 2.04 bits per heavy atom. The molecule has 0 saturated heterocycles. The molecule has 1 atom stereocenters. The predicted molar refractivity (Wildman–Crippen MR) is 99.7 cm³/mol. The number of halogens is 3. The maximum absolute atomic E-state index is 14.3. The number of hydrogen-bond acceptors (Lipinski definition) is 3. The number of rotatable bonds is 6. The molecule has 0 saturated carbocycles. The van der Waals surface area contributed by atoms with E-state index in [1.807, 2.05) is 0 Å². The van der Waals surface area contributed by atoms with Gasteiger partial charge in [-0.15, -0.1) is 23.1 Å². The van der Waals surface area contributed by atoms with Crippen LogP contribution in [0.2, 0.25) is 0 Å². The van der Waals surface area contributed by atoms with E-state index in [0.29, 0.717) is 16.7 Å². The Balaban J connectivity index is 2.06. The number of ketones is 1. The first-order valence-electron chi connectivity index (χ1n) is 7.85. The van der Waals surface area contributed by atoms with Crippen molar-refractivity contribution in [2.75, 3.05) is 0 Å². The molecule has 3 rings (SSSR count). The molecular weight excluding hydrogens is 377 g/mol. The van der Waals surface area contributed by atoms with E-state index in [1.54, 1.807) is 72.1 Å². The van der Waals surface area contributed by atoms with E-state index in [1.165, 1.54) is 6.07 Å². The highest BCUT2D eigenvalue weighted by molar-refractivity contribution is 8.00. The summed E-state index contributed by atoms with van der Waals surface area (Å²) in [6.45, 7) is 0. The lowest BCUT2D eigenvalue weighted by atomic mass is 9.95. The fraction of sp³-hybridized carbons (Fsp3) is 0.150. The van der Waals surface area contributed by atoms with Crippen molar-refractivity contribution < 1.29 is 18.0 Å². The molecule has 0 bridgehead atoms. The van der Waals surface area contributed by atoms with Gasteiger partial charge in [0, 0.05) is 21.8 Å². The summed E-state index contributed by atoms with van der Waals surface area (Å²) in [6.07, 6.45) is -5.25. The first-order chi connectivity index (χ1) is 12.4. The van der Waals surface area contributed by atoms with Gasteiger partial charge in [-0.25, -0.2) is 0 Å². The number of hydrogen-bond donors (Lipinski definition) is 0. The van der Waals surface area contributed by atoms with Crippen molar-refractivity contribution in [3.63, 3.8) is 0 Å². The minimum atomic E-state index is -4.59. The molecule has 3 aromatic rings. The Morgan fingerprint density at radius 1 is 0.885 bits per heavy atom. The Labute approximate surface area is 157 Å². The average molecular weight is 392 g/mol. The Bertz CT molecular complexity index is 846. The molecule has 0 aliphatic carbocycles. The van der Waals surface area contributed by atoms with Crippen LogP contribution in [0, 0.1) is 0 Å². The molecule has 0 spiro atoms. The minimum absolute atomic E-state index is 0.128. The molecule has 26 heavy (non-hydrogen) atoms. The van der Waals surface area contributed by atoms with Gasteiger partial charge in [0.2, 0.25) is 0 Å². The topological polar surface area (TPSA) is 17.1 Å². The van der Waals surface area contributed by atoms with Crippen molar-refractivity contribution in [1.29, 1.82) is 0 Å². The summed E-state index contributed by atoms with van der Waals surface area (Å²) in [5.74, 6) is -0.528. The average Bonchev–Trinajstić information content (AvgIpc) is 3.17. The molecule has 1 heterocycles. The van der Waals surface area contributed by atoms with E-state index in [9.17, 15) is 18.0 Å². The van der Waals surface area contributed by atoms with Gasteiger partial charge in [-0.1, -0.05) is 54.6 Å². The molecule has 0 aliphatic heterocycles. The lowest BCUT2D eigenvalue weighted by Gasteiger charge is -2.34. The predicted octanol–water partition coefficient (Wildman–Crippen LogP) is 6.57. The summed E-state index contributed by atoms with van der Waals surface area (Å²) in [7, 11) is 0. The first-order valence-corrected chi connectivity index (χ1v) is 9.55. The van der Waals surface area contributed by atoms with Crippen LogP contribution in [0.3, 0.4) is 0 Å². The Morgan fingerprint density at radius 2 is 1.50 bits per heavy atom. The molecule has 1 nitrogen and oxygen atoms in total. The SMILES string of the molecule is O=C(C[C@](Sc1ccccc1)(c1cccs1)C(F)(F)F)c1ccccc1. The maximum Gasteiger partial charge on any atom is 0.408 e. The van der Waals surface area contributed by atoms with E-state index < -0.39 is 23.1 Å². The van der Waals surface area contributed by atoms with Crippen LogP contribution in [0.25, 0.3) is 0 Å². The van der Waals surface area contributed by atoms with Gasteiger partial charge >= 0.3 is 6.18 Å². The van der Waals surface area contributed by atoms with E-state index in [0.717, 1.165) is 11.3 Å². The van der Waals surface area contributed by atoms with Crippen LogP contribution in [0.4, 0.5) is 13.2 Å². The Kier molecular flexibility index (Phi) is 5.53. The van der Waals surface area contributed by atoms with Crippen molar-refractivity contribution in [3.05, 3.63) is 88.6 Å². The van der Waals surface area contributed by atoms with Crippen LogP contribution in [-0.4, -0.2) is 12.0 Å². The van der Waals surface area contributed by atoms with Gasteiger partial charge in [0.05, 0.1) is 0 Å².